The van der Waals surface area contributed by atoms with Crippen LogP contribution in [-0.4, -0.2) is 34.6 Å². The summed E-state index contributed by atoms with van der Waals surface area (Å²) in [6.45, 7) is 4.30. The molecule has 24 heavy (non-hydrogen) atoms. The maximum absolute atomic E-state index is 10.6. The van der Waals surface area contributed by atoms with Gasteiger partial charge in [0.1, 0.15) is 6.29 Å². The Kier molecular flexibility index (Phi) is 4.81. The third kappa shape index (κ3) is 3.41. The molecule has 1 aliphatic rings. The first-order valence-electron chi connectivity index (χ1n) is 7.65. The Morgan fingerprint density at radius 1 is 1.38 bits per heavy atom. The van der Waals surface area contributed by atoms with Gasteiger partial charge in [-0.1, -0.05) is 30.3 Å². The van der Waals surface area contributed by atoms with Crippen LogP contribution < -0.4 is 0 Å². The van der Waals surface area contributed by atoms with Crippen molar-refractivity contribution in [1.82, 2.24) is 15.1 Å². The van der Waals surface area contributed by atoms with E-state index in [0.717, 1.165) is 40.8 Å². The first kappa shape index (κ1) is 15.7. The fourth-order valence-corrected chi connectivity index (χ4v) is 2.61. The van der Waals surface area contributed by atoms with Crippen LogP contribution in [0.3, 0.4) is 0 Å². The molecule has 3 rings (SSSR count). The normalized spacial score (nSPS) is 14.4. The van der Waals surface area contributed by atoms with Gasteiger partial charge < -0.3 is 9.69 Å². The van der Waals surface area contributed by atoms with Crippen LogP contribution in [0.4, 0.5) is 0 Å². The molecule has 5 nitrogen and oxygen atoms in total. The summed E-state index contributed by atoms with van der Waals surface area (Å²) < 4.78 is 0. The number of aromatic amines is 1. The van der Waals surface area contributed by atoms with Gasteiger partial charge in [0.25, 0.3) is 0 Å². The van der Waals surface area contributed by atoms with Crippen molar-refractivity contribution in [2.24, 2.45) is 4.99 Å². The van der Waals surface area contributed by atoms with E-state index < -0.39 is 0 Å². The number of rotatable bonds is 6. The van der Waals surface area contributed by atoms with Crippen molar-refractivity contribution in [2.45, 2.75) is 6.42 Å². The summed E-state index contributed by atoms with van der Waals surface area (Å²) in [5, 5.41) is 6.80. The smallest absolute Gasteiger partial charge is 0.124 e. The SMILES string of the molecule is C=N/C=C(/c1ccc(CC=O)cc1)N1C=CC(c2cn[nH]c2)=CC1. The fourth-order valence-electron chi connectivity index (χ4n) is 2.61. The monoisotopic (exact) mass is 318 g/mol. The zero-order chi connectivity index (χ0) is 16.8. The number of aliphatic imine (C=N–C) groups is 1. The second-order valence-corrected chi connectivity index (χ2v) is 5.38. The summed E-state index contributed by atoms with van der Waals surface area (Å²) in [5.74, 6) is 0. The molecule has 0 bridgehead atoms. The average Bonchev–Trinajstić information content (AvgIpc) is 3.16. The molecule has 1 aliphatic heterocycles. The van der Waals surface area contributed by atoms with E-state index in [0.29, 0.717) is 6.42 Å². The Morgan fingerprint density at radius 2 is 2.21 bits per heavy atom. The first-order chi connectivity index (χ1) is 11.8. The van der Waals surface area contributed by atoms with Gasteiger partial charge in [-0.25, -0.2) is 0 Å². The van der Waals surface area contributed by atoms with Crippen molar-refractivity contribution in [3.63, 3.8) is 0 Å². The van der Waals surface area contributed by atoms with Gasteiger partial charge in [0.05, 0.1) is 18.1 Å². The second-order valence-electron chi connectivity index (χ2n) is 5.38. The predicted octanol–water partition coefficient (Wildman–Crippen LogP) is 3.06. The van der Waals surface area contributed by atoms with Crippen LogP contribution in [0.1, 0.15) is 16.7 Å². The summed E-state index contributed by atoms with van der Waals surface area (Å²) in [6.07, 6.45) is 13.0. The first-order valence-corrected chi connectivity index (χ1v) is 7.65. The van der Waals surface area contributed by atoms with Gasteiger partial charge in [-0.3, -0.25) is 10.1 Å². The van der Waals surface area contributed by atoms with E-state index in [1.165, 1.54) is 0 Å². The number of carbonyl (C=O) groups excluding carboxylic acids is 1. The van der Waals surface area contributed by atoms with Gasteiger partial charge in [0, 0.05) is 30.9 Å². The number of allylic oxidation sites excluding steroid dienone is 2. The molecule has 0 radical (unpaired) electrons. The second kappa shape index (κ2) is 7.37. The third-order valence-electron chi connectivity index (χ3n) is 3.87. The molecule has 1 N–H and O–H groups in total. The quantitative estimate of drug-likeness (QED) is 0.658. The molecule has 2 aromatic rings. The van der Waals surface area contributed by atoms with Crippen molar-refractivity contribution in [1.29, 1.82) is 0 Å². The van der Waals surface area contributed by atoms with Crippen LogP contribution >= 0.6 is 0 Å². The predicted molar refractivity (Wildman–Crippen MR) is 96.1 cm³/mol. The molecule has 120 valence electrons. The lowest BCUT2D eigenvalue weighted by molar-refractivity contribution is -0.107. The van der Waals surface area contributed by atoms with Crippen LogP contribution in [-0.2, 0) is 11.2 Å². The van der Waals surface area contributed by atoms with Gasteiger partial charge in [0.15, 0.2) is 0 Å². The molecule has 5 heteroatoms. The molecule has 0 atom stereocenters. The lowest BCUT2D eigenvalue weighted by atomic mass is 10.0. The van der Waals surface area contributed by atoms with Crippen molar-refractivity contribution < 1.29 is 4.79 Å². The van der Waals surface area contributed by atoms with Gasteiger partial charge in [-0.15, -0.1) is 0 Å². The standard InChI is InChI=1S/C19H18N4O/c1-20-14-19(17-4-2-15(3-5-17)8-11-24)23-9-6-16(7-10-23)18-12-21-22-13-18/h2-7,9,11-14H,1,8,10H2,(H,21,22)/b19-14-. The van der Waals surface area contributed by atoms with Crippen molar-refractivity contribution in [3.8, 4) is 0 Å². The molecule has 0 spiro atoms. The molecule has 0 amide bonds. The Morgan fingerprint density at radius 3 is 2.79 bits per heavy atom. The number of nitrogens with zero attached hydrogens (tertiary/aromatic N) is 3. The molecule has 1 aromatic carbocycles. The number of nitrogens with one attached hydrogen (secondary N) is 1. The highest BCUT2D eigenvalue weighted by Crippen LogP contribution is 2.26. The Hall–Kier alpha value is -3.21. The number of carbonyl (C=O) groups is 1. The largest absolute Gasteiger partial charge is 0.342 e. The molecular formula is C19H18N4O. The fraction of sp³-hybridized carbons (Fsp3) is 0.105. The molecule has 0 fully saturated rings. The van der Waals surface area contributed by atoms with Crippen LogP contribution in [0.2, 0.25) is 0 Å². The van der Waals surface area contributed by atoms with E-state index in [-0.39, 0.29) is 0 Å². The zero-order valence-electron chi connectivity index (χ0n) is 13.2. The minimum Gasteiger partial charge on any atom is -0.342 e. The van der Waals surface area contributed by atoms with Gasteiger partial charge in [0.2, 0.25) is 0 Å². The summed E-state index contributed by atoms with van der Waals surface area (Å²) in [4.78, 5) is 16.6. The summed E-state index contributed by atoms with van der Waals surface area (Å²) in [7, 11) is 0. The highest BCUT2D eigenvalue weighted by Gasteiger charge is 2.13. The minimum atomic E-state index is 0.430. The van der Waals surface area contributed by atoms with E-state index >= 15 is 0 Å². The molecule has 1 aromatic heterocycles. The minimum absolute atomic E-state index is 0.430. The van der Waals surface area contributed by atoms with E-state index in [1.54, 1.807) is 12.4 Å². The van der Waals surface area contributed by atoms with E-state index in [9.17, 15) is 4.79 Å². The molecular weight excluding hydrogens is 300 g/mol. The molecule has 0 saturated carbocycles. The van der Waals surface area contributed by atoms with E-state index in [1.807, 2.05) is 42.7 Å². The van der Waals surface area contributed by atoms with Gasteiger partial charge in [-0.2, -0.15) is 5.10 Å². The van der Waals surface area contributed by atoms with Crippen LogP contribution in [0.25, 0.3) is 11.3 Å². The maximum Gasteiger partial charge on any atom is 0.124 e. The van der Waals surface area contributed by atoms with Crippen molar-refractivity contribution >= 4 is 24.3 Å². The van der Waals surface area contributed by atoms with E-state index in [2.05, 4.69) is 32.9 Å². The third-order valence-corrected chi connectivity index (χ3v) is 3.87. The van der Waals surface area contributed by atoms with E-state index in [4.69, 9.17) is 0 Å². The lowest BCUT2D eigenvalue weighted by Crippen LogP contribution is -2.18. The number of H-pyrrole nitrogens is 1. The highest BCUT2D eigenvalue weighted by atomic mass is 16.1. The molecule has 0 unspecified atom stereocenters. The Labute approximate surface area is 140 Å². The lowest BCUT2D eigenvalue weighted by Gasteiger charge is -2.25. The summed E-state index contributed by atoms with van der Waals surface area (Å²) in [6, 6.07) is 7.92. The number of hydrogen-bond acceptors (Lipinski definition) is 4. The van der Waals surface area contributed by atoms with Crippen LogP contribution in [0.15, 0.2) is 66.2 Å². The van der Waals surface area contributed by atoms with Crippen molar-refractivity contribution in [2.75, 3.05) is 6.54 Å². The number of aldehydes is 1. The molecule has 0 aliphatic carbocycles. The highest BCUT2D eigenvalue weighted by molar-refractivity contribution is 5.76. The number of hydrogen-bond donors (Lipinski definition) is 1. The van der Waals surface area contributed by atoms with Crippen LogP contribution in [0, 0.1) is 0 Å². The Balaban J connectivity index is 1.80. The van der Waals surface area contributed by atoms with Crippen molar-refractivity contribution in [3.05, 3.63) is 77.9 Å². The molecule has 2 heterocycles. The summed E-state index contributed by atoms with van der Waals surface area (Å²) >= 11 is 0. The number of aromatic nitrogens is 2. The number of benzene rings is 1. The summed E-state index contributed by atoms with van der Waals surface area (Å²) in [5.41, 5.74) is 5.18. The Bertz CT molecular complexity index is 798. The van der Waals surface area contributed by atoms with Gasteiger partial charge >= 0.3 is 0 Å². The van der Waals surface area contributed by atoms with Crippen LogP contribution in [0.5, 0.6) is 0 Å². The zero-order valence-corrected chi connectivity index (χ0v) is 13.2. The topological polar surface area (TPSA) is 61.4 Å². The average molecular weight is 318 g/mol. The maximum atomic E-state index is 10.6. The molecule has 0 saturated heterocycles. The van der Waals surface area contributed by atoms with Gasteiger partial charge in [-0.05, 0) is 29.5 Å².